The Hall–Kier alpha value is -3.22. The molecule has 0 spiro atoms. The van der Waals surface area contributed by atoms with Gasteiger partial charge in [0.25, 0.3) is 5.91 Å². The Morgan fingerprint density at radius 1 is 1.19 bits per heavy atom. The highest BCUT2D eigenvalue weighted by Gasteiger charge is 2.29. The first-order valence-electron chi connectivity index (χ1n) is 8.56. The highest BCUT2D eigenvalue weighted by Crippen LogP contribution is 2.21. The fourth-order valence-corrected chi connectivity index (χ4v) is 2.99. The van der Waals surface area contributed by atoms with E-state index in [1.54, 1.807) is 17.0 Å². The van der Waals surface area contributed by atoms with E-state index in [9.17, 15) is 4.79 Å². The molecule has 0 saturated carbocycles. The summed E-state index contributed by atoms with van der Waals surface area (Å²) in [6.45, 7) is 3.04. The van der Waals surface area contributed by atoms with Crippen molar-refractivity contribution in [3.63, 3.8) is 0 Å². The van der Waals surface area contributed by atoms with E-state index in [-0.39, 0.29) is 12.0 Å². The minimum absolute atomic E-state index is 0.0687. The van der Waals surface area contributed by atoms with Crippen LogP contribution in [0.2, 0.25) is 0 Å². The number of H-pyrrole nitrogens is 1. The summed E-state index contributed by atoms with van der Waals surface area (Å²) in [7, 11) is 0. The third-order valence-corrected chi connectivity index (χ3v) is 4.37. The van der Waals surface area contributed by atoms with Crippen LogP contribution in [0.3, 0.4) is 0 Å². The van der Waals surface area contributed by atoms with E-state index >= 15 is 0 Å². The van der Waals surface area contributed by atoms with Gasteiger partial charge in [-0.25, -0.2) is 0 Å². The number of aromatic amines is 1. The highest BCUT2D eigenvalue weighted by atomic mass is 16.5. The third-order valence-electron chi connectivity index (χ3n) is 4.37. The smallest absolute Gasteiger partial charge is 0.272 e. The monoisotopic (exact) mass is 349 g/mol. The van der Waals surface area contributed by atoms with Gasteiger partial charge < -0.3 is 9.64 Å². The highest BCUT2D eigenvalue weighted by molar-refractivity contribution is 5.93. The number of nitrogens with one attached hydrogen (secondary N) is 1. The van der Waals surface area contributed by atoms with E-state index in [0.717, 1.165) is 23.4 Å². The summed E-state index contributed by atoms with van der Waals surface area (Å²) in [4.78, 5) is 14.5. The first-order chi connectivity index (χ1) is 12.7. The number of amides is 1. The molecule has 0 radical (unpaired) electrons. The van der Waals surface area contributed by atoms with E-state index < -0.39 is 0 Å². The van der Waals surface area contributed by atoms with Crippen LogP contribution in [0.5, 0.6) is 5.88 Å². The second-order valence-corrected chi connectivity index (χ2v) is 6.33. The van der Waals surface area contributed by atoms with Crippen LogP contribution in [0.1, 0.15) is 22.6 Å². The molecule has 3 heterocycles. The number of nitrogens with zero attached hydrogens (tertiary/aromatic N) is 4. The summed E-state index contributed by atoms with van der Waals surface area (Å²) in [6.07, 6.45) is 0.688. The van der Waals surface area contributed by atoms with Crippen molar-refractivity contribution in [2.24, 2.45) is 0 Å². The Bertz CT molecular complexity index is 892. The summed E-state index contributed by atoms with van der Waals surface area (Å²) >= 11 is 0. The Balaban J connectivity index is 1.40. The molecule has 2 aromatic heterocycles. The predicted molar refractivity (Wildman–Crippen MR) is 95.7 cm³/mol. The molecule has 1 aromatic carbocycles. The van der Waals surface area contributed by atoms with Crippen molar-refractivity contribution in [2.45, 2.75) is 19.4 Å². The molecule has 1 N–H and O–H groups in total. The number of hydrogen-bond acceptors (Lipinski definition) is 5. The number of aryl methyl sites for hydroxylation is 1. The molecular formula is C19H19N5O2. The van der Waals surface area contributed by atoms with Crippen LogP contribution < -0.4 is 4.74 Å². The van der Waals surface area contributed by atoms with Crippen LogP contribution in [0, 0.1) is 6.92 Å². The second kappa shape index (κ2) is 6.95. The number of likely N-dealkylation sites (tertiary alicyclic amines) is 1. The molecule has 3 aromatic rings. The fourth-order valence-electron chi connectivity index (χ4n) is 2.99. The fraction of sp³-hybridized carbons (Fsp3) is 0.263. The largest absolute Gasteiger partial charge is 0.471 e. The maximum Gasteiger partial charge on any atom is 0.272 e. The van der Waals surface area contributed by atoms with Crippen molar-refractivity contribution < 1.29 is 9.53 Å². The van der Waals surface area contributed by atoms with Gasteiger partial charge in [0.15, 0.2) is 0 Å². The Morgan fingerprint density at radius 3 is 2.81 bits per heavy atom. The maximum atomic E-state index is 12.7. The molecule has 1 aliphatic heterocycles. The number of ether oxygens (including phenoxy) is 1. The van der Waals surface area contributed by atoms with Crippen molar-refractivity contribution >= 4 is 5.91 Å². The number of rotatable bonds is 4. The van der Waals surface area contributed by atoms with Gasteiger partial charge in [0.2, 0.25) is 5.88 Å². The van der Waals surface area contributed by atoms with Crippen LogP contribution in [-0.2, 0) is 0 Å². The molecule has 4 rings (SSSR count). The lowest BCUT2D eigenvalue weighted by molar-refractivity contribution is 0.0765. The molecule has 1 fully saturated rings. The van der Waals surface area contributed by atoms with Crippen molar-refractivity contribution in [2.75, 3.05) is 13.1 Å². The van der Waals surface area contributed by atoms with Gasteiger partial charge >= 0.3 is 0 Å². The molecule has 7 heteroatoms. The summed E-state index contributed by atoms with van der Waals surface area (Å²) in [6, 6.07) is 15.2. The molecule has 132 valence electrons. The number of aromatic nitrogens is 4. The van der Waals surface area contributed by atoms with E-state index in [0.29, 0.717) is 24.7 Å². The maximum absolute atomic E-state index is 12.7. The Morgan fingerprint density at radius 2 is 2.04 bits per heavy atom. The molecule has 7 nitrogen and oxygen atoms in total. The van der Waals surface area contributed by atoms with Crippen molar-refractivity contribution in [3.8, 4) is 17.1 Å². The van der Waals surface area contributed by atoms with Gasteiger partial charge in [-0.15, -0.1) is 5.10 Å². The number of hydrogen-bond donors (Lipinski definition) is 1. The van der Waals surface area contributed by atoms with Crippen LogP contribution in [0.25, 0.3) is 11.3 Å². The minimum Gasteiger partial charge on any atom is -0.471 e. The Labute approximate surface area is 151 Å². The van der Waals surface area contributed by atoms with Crippen LogP contribution in [0.15, 0.2) is 48.5 Å². The zero-order valence-corrected chi connectivity index (χ0v) is 14.4. The molecule has 1 saturated heterocycles. The van der Waals surface area contributed by atoms with Gasteiger partial charge in [-0.05, 0) is 19.1 Å². The minimum atomic E-state index is -0.0764. The van der Waals surface area contributed by atoms with Gasteiger partial charge in [0, 0.05) is 24.6 Å². The lowest BCUT2D eigenvalue weighted by atomic mass is 10.1. The summed E-state index contributed by atoms with van der Waals surface area (Å²) < 4.78 is 5.83. The first-order valence-corrected chi connectivity index (χ1v) is 8.56. The lowest BCUT2D eigenvalue weighted by Gasteiger charge is -2.15. The average molecular weight is 349 g/mol. The zero-order chi connectivity index (χ0) is 17.9. The van der Waals surface area contributed by atoms with Gasteiger partial charge in [-0.3, -0.25) is 9.89 Å². The van der Waals surface area contributed by atoms with Gasteiger partial charge in [0.1, 0.15) is 11.8 Å². The van der Waals surface area contributed by atoms with Crippen LogP contribution in [-0.4, -0.2) is 50.4 Å². The van der Waals surface area contributed by atoms with Gasteiger partial charge in [-0.2, -0.15) is 10.2 Å². The van der Waals surface area contributed by atoms with E-state index in [4.69, 9.17) is 4.74 Å². The SMILES string of the molecule is Cc1ccc(OC2CCN(C(=O)c3cc(-c4ccccc4)n[nH]3)C2)nn1. The predicted octanol–water partition coefficient (Wildman–Crippen LogP) is 2.47. The molecule has 1 aliphatic rings. The van der Waals surface area contributed by atoms with Gasteiger partial charge in [-0.1, -0.05) is 30.3 Å². The molecule has 1 unspecified atom stereocenters. The molecule has 1 atom stereocenters. The van der Waals surface area contributed by atoms with Gasteiger partial charge in [0.05, 0.1) is 17.9 Å². The van der Waals surface area contributed by atoms with E-state index in [2.05, 4.69) is 20.4 Å². The van der Waals surface area contributed by atoms with Crippen molar-refractivity contribution in [1.82, 2.24) is 25.3 Å². The zero-order valence-electron chi connectivity index (χ0n) is 14.4. The van der Waals surface area contributed by atoms with Crippen LogP contribution in [0.4, 0.5) is 0 Å². The third kappa shape index (κ3) is 3.42. The molecule has 0 bridgehead atoms. The van der Waals surface area contributed by atoms with E-state index in [1.807, 2.05) is 43.3 Å². The van der Waals surface area contributed by atoms with Crippen molar-refractivity contribution in [1.29, 1.82) is 0 Å². The topological polar surface area (TPSA) is 84.0 Å². The summed E-state index contributed by atoms with van der Waals surface area (Å²) in [5.41, 5.74) is 3.06. The standard InChI is InChI=1S/C19H19N5O2/c1-13-7-8-18(23-20-13)26-15-9-10-24(12-15)19(25)17-11-16(21-22-17)14-5-3-2-4-6-14/h2-8,11,15H,9-10,12H2,1H3,(H,21,22). The molecule has 26 heavy (non-hydrogen) atoms. The molecule has 1 amide bonds. The Kier molecular flexibility index (Phi) is 4.35. The summed E-state index contributed by atoms with van der Waals surface area (Å²) in [5, 5.41) is 15.1. The number of carbonyl (C=O) groups excluding carboxylic acids is 1. The summed E-state index contributed by atoms with van der Waals surface area (Å²) in [5.74, 6) is 0.420. The quantitative estimate of drug-likeness (QED) is 0.782. The van der Waals surface area contributed by atoms with E-state index in [1.165, 1.54) is 0 Å². The van der Waals surface area contributed by atoms with Crippen molar-refractivity contribution in [3.05, 3.63) is 59.9 Å². The molecular weight excluding hydrogens is 330 g/mol. The lowest BCUT2D eigenvalue weighted by Crippen LogP contribution is -2.31. The number of benzene rings is 1. The number of carbonyl (C=O) groups is 1. The van der Waals surface area contributed by atoms with Crippen LogP contribution >= 0.6 is 0 Å². The normalized spacial score (nSPS) is 16.7. The molecule has 0 aliphatic carbocycles. The average Bonchev–Trinajstić information content (AvgIpc) is 3.34. The second-order valence-electron chi connectivity index (χ2n) is 6.33. The first kappa shape index (κ1) is 16.3.